The zero-order valence-corrected chi connectivity index (χ0v) is 12.3. The second kappa shape index (κ2) is 7.33. The number of hydrogen-bond donors (Lipinski definition) is 1. The van der Waals surface area contributed by atoms with Gasteiger partial charge in [-0.2, -0.15) is 0 Å². The molecule has 0 aliphatic carbocycles. The second-order valence-electron chi connectivity index (χ2n) is 5.50. The molecule has 0 saturated carbocycles. The Hall–Kier alpha value is -1.72. The lowest BCUT2D eigenvalue weighted by atomic mass is 10.1. The predicted molar refractivity (Wildman–Crippen MR) is 80.5 cm³/mol. The summed E-state index contributed by atoms with van der Waals surface area (Å²) in [5.41, 5.74) is 1.46. The molecule has 1 aliphatic heterocycles. The second-order valence-corrected chi connectivity index (χ2v) is 5.50. The summed E-state index contributed by atoms with van der Waals surface area (Å²) < 4.78 is 13.6. The number of benzene rings is 1. The summed E-state index contributed by atoms with van der Waals surface area (Å²) in [7, 11) is 2.11. The van der Waals surface area contributed by atoms with Crippen molar-refractivity contribution in [3.05, 3.63) is 41.2 Å². The minimum Gasteiger partial charge on any atom is -0.478 e. The topological polar surface area (TPSA) is 43.8 Å². The standard InChI is InChI=1S/C16H21FN2O2/c1-18-5-2-6-19(8-7-18)12-14-9-13(3-4-16(20)21)10-15(17)11-14/h3-4,9-11H,2,5-8,12H2,1H3,(H,20,21). The molecular formula is C16H21FN2O2. The van der Waals surface area contributed by atoms with Gasteiger partial charge in [-0.05, 0) is 55.9 Å². The molecule has 1 fully saturated rings. The highest BCUT2D eigenvalue weighted by Gasteiger charge is 2.12. The van der Waals surface area contributed by atoms with Gasteiger partial charge in [-0.15, -0.1) is 0 Å². The first-order valence-corrected chi connectivity index (χ1v) is 7.14. The molecule has 1 saturated heterocycles. The molecule has 0 amide bonds. The van der Waals surface area contributed by atoms with Crippen molar-refractivity contribution in [1.82, 2.24) is 9.80 Å². The lowest BCUT2D eigenvalue weighted by Crippen LogP contribution is -2.28. The van der Waals surface area contributed by atoms with Gasteiger partial charge in [0.1, 0.15) is 5.82 Å². The molecule has 0 radical (unpaired) electrons. The molecule has 5 heteroatoms. The van der Waals surface area contributed by atoms with E-state index in [2.05, 4.69) is 16.8 Å². The van der Waals surface area contributed by atoms with Crippen molar-refractivity contribution >= 4 is 12.0 Å². The van der Waals surface area contributed by atoms with Gasteiger partial charge in [0.05, 0.1) is 0 Å². The van der Waals surface area contributed by atoms with E-state index in [1.807, 2.05) is 6.07 Å². The van der Waals surface area contributed by atoms with Gasteiger partial charge in [0.15, 0.2) is 0 Å². The van der Waals surface area contributed by atoms with Crippen LogP contribution >= 0.6 is 0 Å². The molecule has 1 aromatic carbocycles. The molecule has 114 valence electrons. The van der Waals surface area contributed by atoms with Crippen LogP contribution in [0.25, 0.3) is 6.08 Å². The molecule has 1 aliphatic rings. The summed E-state index contributed by atoms with van der Waals surface area (Å²) >= 11 is 0. The van der Waals surface area contributed by atoms with E-state index in [0.29, 0.717) is 12.1 Å². The fourth-order valence-electron chi connectivity index (χ4n) is 2.55. The van der Waals surface area contributed by atoms with Gasteiger partial charge in [0, 0.05) is 25.7 Å². The van der Waals surface area contributed by atoms with Gasteiger partial charge in [0.2, 0.25) is 0 Å². The Morgan fingerprint density at radius 3 is 2.86 bits per heavy atom. The van der Waals surface area contributed by atoms with Crippen LogP contribution in [0.15, 0.2) is 24.3 Å². The van der Waals surface area contributed by atoms with Crippen molar-refractivity contribution in [2.45, 2.75) is 13.0 Å². The van der Waals surface area contributed by atoms with E-state index in [0.717, 1.165) is 44.2 Å². The molecular weight excluding hydrogens is 271 g/mol. The molecule has 21 heavy (non-hydrogen) atoms. The summed E-state index contributed by atoms with van der Waals surface area (Å²) in [4.78, 5) is 15.1. The summed E-state index contributed by atoms with van der Waals surface area (Å²) in [6.07, 6.45) is 3.56. The van der Waals surface area contributed by atoms with Crippen LogP contribution in [-0.4, -0.2) is 54.1 Å². The molecule has 1 heterocycles. The zero-order valence-electron chi connectivity index (χ0n) is 12.3. The zero-order chi connectivity index (χ0) is 15.2. The van der Waals surface area contributed by atoms with E-state index >= 15 is 0 Å². The largest absolute Gasteiger partial charge is 0.478 e. The fourth-order valence-corrected chi connectivity index (χ4v) is 2.55. The number of carbonyl (C=O) groups is 1. The van der Waals surface area contributed by atoms with Crippen LogP contribution in [-0.2, 0) is 11.3 Å². The van der Waals surface area contributed by atoms with Crippen molar-refractivity contribution in [2.24, 2.45) is 0 Å². The Balaban J connectivity index is 2.07. The molecule has 0 aromatic heterocycles. The molecule has 0 unspecified atom stereocenters. The Kier molecular flexibility index (Phi) is 5.47. The van der Waals surface area contributed by atoms with Crippen molar-refractivity contribution < 1.29 is 14.3 Å². The first-order valence-electron chi connectivity index (χ1n) is 7.14. The van der Waals surface area contributed by atoms with Crippen molar-refractivity contribution in [3.63, 3.8) is 0 Å². The first kappa shape index (κ1) is 15.7. The summed E-state index contributed by atoms with van der Waals surface area (Å²) in [5, 5.41) is 8.64. The molecule has 1 aromatic rings. The Bertz CT molecular complexity index is 531. The minimum atomic E-state index is -1.03. The third kappa shape index (κ3) is 5.28. The number of nitrogens with zero attached hydrogens (tertiary/aromatic N) is 2. The highest BCUT2D eigenvalue weighted by Crippen LogP contribution is 2.14. The quantitative estimate of drug-likeness (QED) is 0.863. The Morgan fingerprint density at radius 2 is 2.10 bits per heavy atom. The first-order chi connectivity index (χ1) is 10.0. The molecule has 4 nitrogen and oxygen atoms in total. The maximum atomic E-state index is 13.6. The minimum absolute atomic E-state index is 0.329. The summed E-state index contributed by atoms with van der Waals surface area (Å²) in [6, 6.07) is 4.71. The SMILES string of the molecule is CN1CCCN(Cc2cc(F)cc(C=CC(=O)O)c2)CC1. The fraction of sp³-hybridized carbons (Fsp3) is 0.438. The van der Waals surface area contributed by atoms with Crippen LogP contribution in [0.1, 0.15) is 17.5 Å². The monoisotopic (exact) mass is 292 g/mol. The number of aliphatic carboxylic acids is 1. The van der Waals surface area contributed by atoms with Gasteiger partial charge in [-0.1, -0.05) is 6.07 Å². The van der Waals surface area contributed by atoms with Gasteiger partial charge < -0.3 is 10.0 Å². The van der Waals surface area contributed by atoms with Gasteiger partial charge >= 0.3 is 5.97 Å². The number of likely N-dealkylation sites (N-methyl/N-ethyl adjacent to an activating group) is 1. The van der Waals surface area contributed by atoms with Gasteiger partial charge in [-0.3, -0.25) is 4.90 Å². The van der Waals surface area contributed by atoms with Crippen LogP contribution < -0.4 is 0 Å². The third-order valence-electron chi connectivity index (χ3n) is 3.62. The molecule has 0 atom stereocenters. The van der Waals surface area contributed by atoms with Crippen LogP contribution in [0.5, 0.6) is 0 Å². The van der Waals surface area contributed by atoms with E-state index in [1.54, 1.807) is 0 Å². The summed E-state index contributed by atoms with van der Waals surface area (Å²) in [6.45, 7) is 4.77. The number of halogens is 1. The Morgan fingerprint density at radius 1 is 1.29 bits per heavy atom. The van der Waals surface area contributed by atoms with Crippen LogP contribution in [0, 0.1) is 5.82 Å². The van der Waals surface area contributed by atoms with Crippen LogP contribution in [0.3, 0.4) is 0 Å². The lowest BCUT2D eigenvalue weighted by molar-refractivity contribution is -0.131. The van der Waals surface area contributed by atoms with E-state index in [9.17, 15) is 9.18 Å². The predicted octanol–water partition coefficient (Wildman–Crippen LogP) is 2.06. The van der Waals surface area contributed by atoms with Crippen molar-refractivity contribution in [3.8, 4) is 0 Å². The number of hydrogen-bond acceptors (Lipinski definition) is 3. The third-order valence-corrected chi connectivity index (χ3v) is 3.62. The molecule has 2 rings (SSSR count). The smallest absolute Gasteiger partial charge is 0.328 e. The summed E-state index contributed by atoms with van der Waals surface area (Å²) in [5.74, 6) is -1.36. The van der Waals surface area contributed by atoms with E-state index in [1.165, 1.54) is 18.2 Å². The van der Waals surface area contributed by atoms with Crippen LogP contribution in [0.2, 0.25) is 0 Å². The molecule has 0 spiro atoms. The maximum absolute atomic E-state index is 13.6. The number of carboxylic acids is 1. The van der Waals surface area contributed by atoms with E-state index in [4.69, 9.17) is 5.11 Å². The molecule has 1 N–H and O–H groups in total. The van der Waals surface area contributed by atoms with Crippen molar-refractivity contribution in [2.75, 3.05) is 33.2 Å². The van der Waals surface area contributed by atoms with Crippen molar-refractivity contribution in [1.29, 1.82) is 0 Å². The highest BCUT2D eigenvalue weighted by molar-refractivity contribution is 5.85. The van der Waals surface area contributed by atoms with E-state index < -0.39 is 5.97 Å². The van der Waals surface area contributed by atoms with Crippen LogP contribution in [0.4, 0.5) is 4.39 Å². The maximum Gasteiger partial charge on any atom is 0.328 e. The van der Waals surface area contributed by atoms with Gasteiger partial charge in [-0.25, -0.2) is 9.18 Å². The Labute approximate surface area is 124 Å². The average Bonchev–Trinajstić information content (AvgIpc) is 2.61. The van der Waals surface area contributed by atoms with Gasteiger partial charge in [0.25, 0.3) is 0 Å². The lowest BCUT2D eigenvalue weighted by Gasteiger charge is -2.20. The normalized spacial score (nSPS) is 18.0. The average molecular weight is 292 g/mol. The molecule has 0 bridgehead atoms. The number of carboxylic acid groups (broad SMARTS) is 1. The number of rotatable bonds is 4. The van der Waals surface area contributed by atoms with E-state index in [-0.39, 0.29) is 5.82 Å². The highest BCUT2D eigenvalue weighted by atomic mass is 19.1.